The van der Waals surface area contributed by atoms with Gasteiger partial charge in [0.25, 0.3) is 0 Å². The third-order valence-electron chi connectivity index (χ3n) is 12.2. The molecule has 0 aromatic carbocycles. The molecule has 0 radical (unpaired) electrons. The number of carbonyl (C=O) groups is 3. The Kier molecular flexibility index (Phi) is 12.4. The van der Waals surface area contributed by atoms with Gasteiger partial charge in [-0.2, -0.15) is 0 Å². The summed E-state index contributed by atoms with van der Waals surface area (Å²) in [5.41, 5.74) is -3.45. The molecule has 0 spiro atoms. The van der Waals surface area contributed by atoms with Crippen LogP contribution in [0, 0.1) is 29.1 Å². The fourth-order valence-corrected chi connectivity index (χ4v) is 9.46. The van der Waals surface area contributed by atoms with Gasteiger partial charge in [0.1, 0.15) is 11.2 Å². The van der Waals surface area contributed by atoms with Crippen LogP contribution in [0.2, 0.25) is 0 Å². The zero-order chi connectivity index (χ0) is 34.5. The van der Waals surface area contributed by atoms with Gasteiger partial charge in [0.15, 0.2) is 5.78 Å². The van der Waals surface area contributed by atoms with E-state index in [0.717, 1.165) is 32.1 Å². The van der Waals surface area contributed by atoms with Crippen LogP contribution in [0.3, 0.4) is 0 Å². The molecule has 7 nitrogen and oxygen atoms in total. The number of ketones is 1. The Balaban J connectivity index is 1.31. The van der Waals surface area contributed by atoms with Crippen molar-refractivity contribution in [3.05, 3.63) is 35.5 Å². The second kappa shape index (κ2) is 15.5. The number of hydrogen-bond donors (Lipinski definition) is 2. The molecule has 0 aromatic rings. The highest BCUT2D eigenvalue weighted by Gasteiger charge is 2.83. The normalized spacial score (nSPS) is 33.7. The Morgan fingerprint density at radius 2 is 1.51 bits per heavy atom. The van der Waals surface area contributed by atoms with Crippen molar-refractivity contribution < 1.29 is 34.1 Å². The molecule has 0 saturated heterocycles. The highest BCUT2D eigenvalue weighted by atomic mass is 16.6. The number of hydrogen-bond acceptors (Lipinski definition) is 7. The number of carbonyl (C=O) groups excluding carboxylic acids is 3. The van der Waals surface area contributed by atoms with Crippen molar-refractivity contribution in [2.24, 2.45) is 29.1 Å². The predicted molar refractivity (Wildman–Crippen MR) is 184 cm³/mol. The van der Waals surface area contributed by atoms with E-state index < -0.39 is 45.8 Å². The van der Waals surface area contributed by atoms with Gasteiger partial charge in [-0.1, -0.05) is 109 Å². The highest BCUT2D eigenvalue weighted by molar-refractivity contribution is 6.05. The number of Topliss-reactive ketones (excluding diaryl/α,β-unsaturated/α-hetero) is 1. The molecule has 264 valence electrons. The molecule has 0 aromatic heterocycles. The third-order valence-corrected chi connectivity index (χ3v) is 12.2. The molecular weight excluding hydrogens is 592 g/mol. The second-order valence-electron chi connectivity index (χ2n) is 15.8. The summed E-state index contributed by atoms with van der Waals surface area (Å²) >= 11 is 0. The van der Waals surface area contributed by atoms with Crippen LogP contribution in [-0.2, 0) is 23.9 Å². The number of rotatable bonds is 18. The molecule has 4 aliphatic carbocycles. The molecule has 0 aliphatic heterocycles. The summed E-state index contributed by atoms with van der Waals surface area (Å²) in [5.74, 6) is -3.00. The molecule has 0 amide bonds. The Morgan fingerprint density at radius 3 is 2.13 bits per heavy atom. The van der Waals surface area contributed by atoms with Gasteiger partial charge >= 0.3 is 11.9 Å². The Morgan fingerprint density at radius 1 is 0.915 bits per heavy atom. The van der Waals surface area contributed by atoms with Gasteiger partial charge in [0.05, 0.1) is 19.1 Å². The Labute approximate surface area is 283 Å². The lowest BCUT2D eigenvalue weighted by Gasteiger charge is -2.50. The largest absolute Gasteiger partial charge is 0.469 e. The number of ether oxygens (including phenoxy) is 2. The van der Waals surface area contributed by atoms with E-state index in [0.29, 0.717) is 24.0 Å². The first-order valence-electron chi connectivity index (χ1n) is 18.6. The van der Waals surface area contributed by atoms with Crippen molar-refractivity contribution in [1.29, 1.82) is 0 Å². The van der Waals surface area contributed by atoms with Gasteiger partial charge in [-0.05, 0) is 56.9 Å². The maximum atomic E-state index is 13.3. The van der Waals surface area contributed by atoms with Gasteiger partial charge in [-0.25, -0.2) is 0 Å². The molecule has 2 fully saturated rings. The first-order chi connectivity index (χ1) is 22.3. The Hall–Kier alpha value is -2.25. The maximum absolute atomic E-state index is 13.3. The van der Waals surface area contributed by atoms with E-state index in [-0.39, 0.29) is 30.6 Å². The van der Waals surface area contributed by atoms with Crippen LogP contribution in [-0.4, -0.2) is 51.8 Å². The summed E-state index contributed by atoms with van der Waals surface area (Å²) in [6, 6.07) is 0. The van der Waals surface area contributed by atoms with E-state index in [9.17, 15) is 24.6 Å². The molecule has 2 N–H and O–H groups in total. The van der Waals surface area contributed by atoms with Crippen molar-refractivity contribution in [2.45, 2.75) is 161 Å². The van der Waals surface area contributed by atoms with E-state index in [1.54, 1.807) is 13.0 Å². The minimum absolute atomic E-state index is 0.0413. The molecule has 0 heterocycles. The summed E-state index contributed by atoms with van der Waals surface area (Å²) in [6.45, 7) is 10.0. The third kappa shape index (κ3) is 7.51. The minimum atomic E-state index is -1.83. The van der Waals surface area contributed by atoms with Gasteiger partial charge < -0.3 is 19.7 Å². The van der Waals surface area contributed by atoms with Crippen LogP contribution in [0.25, 0.3) is 0 Å². The molecule has 7 heteroatoms. The highest BCUT2D eigenvalue weighted by Crippen LogP contribution is 2.76. The van der Waals surface area contributed by atoms with E-state index in [4.69, 9.17) is 9.47 Å². The number of fused-ring (bicyclic) bond motifs is 5. The van der Waals surface area contributed by atoms with Crippen molar-refractivity contribution >= 4 is 17.7 Å². The zero-order valence-electron chi connectivity index (χ0n) is 30.1. The van der Waals surface area contributed by atoms with Crippen LogP contribution in [0.15, 0.2) is 35.5 Å². The van der Waals surface area contributed by atoms with E-state index in [1.807, 2.05) is 13.0 Å². The topological polar surface area (TPSA) is 110 Å². The van der Waals surface area contributed by atoms with Gasteiger partial charge in [-0.15, -0.1) is 0 Å². The molecule has 7 unspecified atom stereocenters. The summed E-state index contributed by atoms with van der Waals surface area (Å²) in [6.07, 6.45) is 24.6. The molecule has 4 rings (SSSR count). The van der Waals surface area contributed by atoms with Crippen LogP contribution >= 0.6 is 0 Å². The molecular formula is C40H62O7. The number of esters is 2. The monoisotopic (exact) mass is 654 g/mol. The molecule has 47 heavy (non-hydrogen) atoms. The average molecular weight is 655 g/mol. The lowest BCUT2D eigenvalue weighted by Crippen LogP contribution is -2.61. The SMILES string of the molecule is CCCCCCCCC=CCCCCCCCC(=O)OC12CC(C)C3(O)C(C=C(CC(=O)OC)CC4(O)C(=O)C(C)=CC43)C1C2(C)C. The maximum Gasteiger partial charge on any atom is 0.309 e. The lowest BCUT2D eigenvalue weighted by molar-refractivity contribution is -0.187. The van der Waals surface area contributed by atoms with E-state index in [2.05, 4.69) is 32.9 Å². The number of aliphatic hydroxyl groups is 2. The fraction of sp³-hybridized carbons (Fsp3) is 0.775. The summed E-state index contributed by atoms with van der Waals surface area (Å²) in [4.78, 5) is 39.0. The minimum Gasteiger partial charge on any atom is -0.469 e. The zero-order valence-corrected chi connectivity index (χ0v) is 30.1. The first kappa shape index (κ1) is 37.6. The van der Waals surface area contributed by atoms with Crippen molar-refractivity contribution in [1.82, 2.24) is 0 Å². The number of unbranched alkanes of at least 4 members (excludes halogenated alkanes) is 11. The van der Waals surface area contributed by atoms with E-state index >= 15 is 0 Å². The second-order valence-corrected chi connectivity index (χ2v) is 15.8. The van der Waals surface area contributed by atoms with Gasteiger partial charge in [0.2, 0.25) is 0 Å². The molecule has 2 saturated carbocycles. The van der Waals surface area contributed by atoms with Gasteiger partial charge in [0, 0.05) is 36.0 Å². The van der Waals surface area contributed by atoms with Crippen LogP contribution in [0.4, 0.5) is 0 Å². The van der Waals surface area contributed by atoms with Gasteiger partial charge in [-0.3, -0.25) is 14.4 Å². The molecule has 0 bridgehead atoms. The van der Waals surface area contributed by atoms with E-state index in [1.165, 1.54) is 58.5 Å². The van der Waals surface area contributed by atoms with Crippen LogP contribution in [0.5, 0.6) is 0 Å². The summed E-state index contributed by atoms with van der Waals surface area (Å²) in [7, 11) is 1.31. The van der Waals surface area contributed by atoms with Crippen molar-refractivity contribution in [3.8, 4) is 0 Å². The van der Waals surface area contributed by atoms with Crippen LogP contribution in [0.1, 0.15) is 144 Å². The quantitative estimate of drug-likeness (QED) is 0.0873. The fourth-order valence-electron chi connectivity index (χ4n) is 9.46. The smallest absolute Gasteiger partial charge is 0.309 e. The first-order valence-corrected chi connectivity index (χ1v) is 18.6. The molecule has 4 aliphatic rings. The summed E-state index contributed by atoms with van der Waals surface area (Å²) in [5, 5.41) is 24.5. The predicted octanol–water partition coefficient (Wildman–Crippen LogP) is 8.12. The van der Waals surface area contributed by atoms with Crippen LogP contribution < -0.4 is 0 Å². The number of allylic oxidation sites excluding steroid dienone is 2. The standard InChI is InChI=1S/C40H62O7/c1-7-8-9-10-11-12-13-14-15-16-17-18-19-20-21-22-33(41)47-39-26-29(3)40(45)31(35(39)37(39,4)5)24-30(25-34(42)46-6)27-38(44)32(40)23-28(2)36(38)43/h14-15,23-24,29,31-32,35,44-45H,7-13,16-22,25-27H2,1-6H3. The number of methoxy groups -OCH3 is 1. The van der Waals surface area contributed by atoms with Crippen molar-refractivity contribution in [2.75, 3.05) is 7.11 Å². The Bertz CT molecular complexity index is 1230. The average Bonchev–Trinajstić information content (AvgIpc) is 3.42. The summed E-state index contributed by atoms with van der Waals surface area (Å²) < 4.78 is 11.3. The van der Waals surface area contributed by atoms with Crippen molar-refractivity contribution in [3.63, 3.8) is 0 Å². The lowest BCUT2D eigenvalue weighted by atomic mass is 9.60. The molecule has 7 atom stereocenters.